The number of nitrogens with two attached hydrogens (primary N) is 1. The molecule has 2 heterocycles. The summed E-state index contributed by atoms with van der Waals surface area (Å²) in [5.74, 6) is 1.32. The first kappa shape index (κ1) is 18.5. The van der Waals surface area contributed by atoms with Gasteiger partial charge in [0.25, 0.3) is 5.91 Å². The maximum atomic E-state index is 13.1. The average Bonchev–Trinajstić information content (AvgIpc) is 2.95. The van der Waals surface area contributed by atoms with Crippen molar-refractivity contribution in [2.45, 2.75) is 39.7 Å². The lowest BCUT2D eigenvalue weighted by Crippen LogP contribution is -2.45. The predicted molar refractivity (Wildman–Crippen MR) is 104 cm³/mol. The number of rotatable bonds is 4. The number of piperidine rings is 1. The fourth-order valence-electron chi connectivity index (χ4n) is 3.90. The number of methoxy groups -OCH3 is 1. The molecule has 2 unspecified atom stereocenters. The van der Waals surface area contributed by atoms with Crippen molar-refractivity contribution < 1.29 is 9.53 Å². The van der Waals surface area contributed by atoms with Gasteiger partial charge in [-0.2, -0.15) is 0 Å². The number of ether oxygens (including phenoxy) is 1. The first-order valence-corrected chi connectivity index (χ1v) is 9.30. The number of carbonyl (C=O) groups excluding carboxylic acids is 1. The molecule has 1 aromatic carbocycles. The van der Waals surface area contributed by atoms with Crippen molar-refractivity contribution >= 4 is 5.91 Å². The largest absolute Gasteiger partial charge is 0.497 e. The number of aromatic nitrogens is 1. The summed E-state index contributed by atoms with van der Waals surface area (Å²) in [5.41, 5.74) is 9.91. The number of hydrogen-bond donors (Lipinski definition) is 1. The number of likely N-dealkylation sites (tertiary alicyclic amines) is 1. The van der Waals surface area contributed by atoms with Crippen molar-refractivity contribution in [1.29, 1.82) is 0 Å². The fraction of sp³-hybridized carbons (Fsp3) is 0.476. The summed E-state index contributed by atoms with van der Waals surface area (Å²) in [7, 11) is 1.66. The fourth-order valence-corrected chi connectivity index (χ4v) is 3.90. The summed E-state index contributed by atoms with van der Waals surface area (Å²) in [6.45, 7) is 7.65. The van der Waals surface area contributed by atoms with Crippen LogP contribution < -0.4 is 10.5 Å². The van der Waals surface area contributed by atoms with Crippen LogP contribution in [0.4, 0.5) is 0 Å². The van der Waals surface area contributed by atoms with Crippen molar-refractivity contribution in [2.24, 2.45) is 11.7 Å². The van der Waals surface area contributed by atoms with E-state index in [2.05, 4.69) is 4.57 Å². The number of aryl methyl sites for hydroxylation is 1. The molecule has 1 aliphatic heterocycles. The lowest BCUT2D eigenvalue weighted by atomic mass is 9.92. The Hall–Kier alpha value is -2.27. The molecule has 2 aromatic rings. The average molecular weight is 355 g/mol. The number of hydrogen-bond acceptors (Lipinski definition) is 3. The summed E-state index contributed by atoms with van der Waals surface area (Å²) >= 11 is 0. The van der Waals surface area contributed by atoms with Gasteiger partial charge in [-0.1, -0.05) is 0 Å². The number of benzene rings is 1. The van der Waals surface area contributed by atoms with Crippen LogP contribution in [0, 0.1) is 19.8 Å². The van der Waals surface area contributed by atoms with Gasteiger partial charge in [0.1, 0.15) is 5.75 Å². The molecule has 1 saturated heterocycles. The van der Waals surface area contributed by atoms with Crippen LogP contribution in [0.15, 0.2) is 30.3 Å². The summed E-state index contributed by atoms with van der Waals surface area (Å²) in [6, 6.07) is 10.0. The minimum atomic E-state index is 0.114. The molecule has 0 aliphatic carbocycles. The lowest BCUT2D eigenvalue weighted by Gasteiger charge is -2.34. The second-order valence-electron chi connectivity index (χ2n) is 7.33. The van der Waals surface area contributed by atoms with Gasteiger partial charge in [-0.05, 0) is 69.9 Å². The van der Waals surface area contributed by atoms with Crippen molar-refractivity contribution in [3.05, 3.63) is 47.3 Å². The Morgan fingerprint density at radius 3 is 2.58 bits per heavy atom. The monoisotopic (exact) mass is 355 g/mol. The minimum absolute atomic E-state index is 0.114. The van der Waals surface area contributed by atoms with Crippen LogP contribution in [-0.2, 0) is 0 Å². The van der Waals surface area contributed by atoms with E-state index in [-0.39, 0.29) is 11.9 Å². The molecule has 0 saturated carbocycles. The van der Waals surface area contributed by atoms with Crippen LogP contribution in [0.3, 0.4) is 0 Å². The first-order chi connectivity index (χ1) is 12.4. The van der Waals surface area contributed by atoms with E-state index in [9.17, 15) is 4.79 Å². The first-order valence-electron chi connectivity index (χ1n) is 9.30. The summed E-state index contributed by atoms with van der Waals surface area (Å²) in [5, 5.41) is 0. The van der Waals surface area contributed by atoms with Gasteiger partial charge in [-0.3, -0.25) is 4.79 Å². The second-order valence-corrected chi connectivity index (χ2v) is 7.33. The Morgan fingerprint density at radius 1 is 1.27 bits per heavy atom. The van der Waals surface area contributed by atoms with E-state index >= 15 is 0 Å². The molecule has 1 aromatic heterocycles. The van der Waals surface area contributed by atoms with Crippen molar-refractivity contribution in [3.63, 3.8) is 0 Å². The lowest BCUT2D eigenvalue weighted by molar-refractivity contribution is 0.0660. The van der Waals surface area contributed by atoms with Gasteiger partial charge in [-0.15, -0.1) is 0 Å². The summed E-state index contributed by atoms with van der Waals surface area (Å²) in [4.78, 5) is 15.1. The van der Waals surface area contributed by atoms with Crippen molar-refractivity contribution in [1.82, 2.24) is 9.47 Å². The number of nitrogens with zero attached hydrogens (tertiary/aromatic N) is 2. The van der Waals surface area contributed by atoms with E-state index in [1.807, 2.05) is 56.0 Å². The SMILES string of the molecule is COc1ccc(-n2c(C)cc(C(=O)N3CCCC(C(C)N)C3)c2C)cc1. The molecule has 5 heteroatoms. The van der Waals surface area contributed by atoms with E-state index in [1.165, 1.54) is 0 Å². The van der Waals surface area contributed by atoms with Crippen LogP contribution in [0.25, 0.3) is 5.69 Å². The van der Waals surface area contributed by atoms with Gasteiger partial charge in [0.05, 0.1) is 12.7 Å². The molecule has 1 fully saturated rings. The van der Waals surface area contributed by atoms with Crippen LogP contribution >= 0.6 is 0 Å². The Morgan fingerprint density at radius 2 is 1.96 bits per heavy atom. The standard InChI is InChI=1S/C21H29N3O2/c1-14-12-20(21(25)23-11-5-6-17(13-23)15(2)22)16(3)24(14)18-7-9-19(26-4)10-8-18/h7-10,12,15,17H,5-6,11,13,22H2,1-4H3. The molecular weight excluding hydrogens is 326 g/mol. The van der Waals surface area contributed by atoms with Gasteiger partial charge < -0.3 is 19.9 Å². The highest BCUT2D eigenvalue weighted by Gasteiger charge is 2.28. The van der Waals surface area contributed by atoms with Gasteiger partial charge in [-0.25, -0.2) is 0 Å². The van der Waals surface area contributed by atoms with E-state index < -0.39 is 0 Å². The normalized spacial score (nSPS) is 18.7. The maximum Gasteiger partial charge on any atom is 0.255 e. The molecule has 0 radical (unpaired) electrons. The number of carbonyl (C=O) groups is 1. The molecule has 2 atom stereocenters. The zero-order valence-corrected chi connectivity index (χ0v) is 16.2. The van der Waals surface area contributed by atoms with Crippen LogP contribution in [-0.4, -0.2) is 41.6 Å². The molecule has 3 rings (SSSR count). The maximum absolute atomic E-state index is 13.1. The molecule has 2 N–H and O–H groups in total. The van der Waals surface area contributed by atoms with E-state index in [0.717, 1.165) is 54.3 Å². The van der Waals surface area contributed by atoms with Gasteiger partial charge in [0, 0.05) is 36.2 Å². The van der Waals surface area contributed by atoms with Crippen LogP contribution in [0.2, 0.25) is 0 Å². The molecule has 0 bridgehead atoms. The Kier molecular flexibility index (Phi) is 5.37. The number of amides is 1. The highest BCUT2D eigenvalue weighted by atomic mass is 16.5. The Balaban J connectivity index is 1.88. The zero-order chi connectivity index (χ0) is 18.8. The van der Waals surface area contributed by atoms with E-state index in [4.69, 9.17) is 10.5 Å². The second kappa shape index (κ2) is 7.54. The third kappa shape index (κ3) is 3.49. The molecule has 1 amide bonds. The highest BCUT2D eigenvalue weighted by Crippen LogP contribution is 2.26. The van der Waals surface area contributed by atoms with E-state index in [0.29, 0.717) is 5.92 Å². The third-order valence-electron chi connectivity index (χ3n) is 5.48. The highest BCUT2D eigenvalue weighted by molar-refractivity contribution is 5.96. The topological polar surface area (TPSA) is 60.5 Å². The quantitative estimate of drug-likeness (QED) is 0.915. The third-order valence-corrected chi connectivity index (χ3v) is 5.48. The van der Waals surface area contributed by atoms with E-state index in [1.54, 1.807) is 7.11 Å². The molecule has 1 aliphatic rings. The Labute approximate surface area is 155 Å². The smallest absolute Gasteiger partial charge is 0.255 e. The summed E-state index contributed by atoms with van der Waals surface area (Å²) in [6.07, 6.45) is 2.13. The van der Waals surface area contributed by atoms with Crippen LogP contribution in [0.1, 0.15) is 41.5 Å². The van der Waals surface area contributed by atoms with Gasteiger partial charge in [0.15, 0.2) is 0 Å². The van der Waals surface area contributed by atoms with Crippen LogP contribution in [0.5, 0.6) is 5.75 Å². The molecule has 140 valence electrons. The van der Waals surface area contributed by atoms with Gasteiger partial charge in [0.2, 0.25) is 0 Å². The Bertz CT molecular complexity index is 777. The van der Waals surface area contributed by atoms with Gasteiger partial charge >= 0.3 is 0 Å². The molecule has 5 nitrogen and oxygen atoms in total. The van der Waals surface area contributed by atoms with Crippen molar-refractivity contribution in [3.8, 4) is 11.4 Å². The summed E-state index contributed by atoms with van der Waals surface area (Å²) < 4.78 is 7.36. The predicted octanol–water partition coefficient (Wildman–Crippen LogP) is 3.30. The minimum Gasteiger partial charge on any atom is -0.497 e. The van der Waals surface area contributed by atoms with Crippen molar-refractivity contribution in [2.75, 3.05) is 20.2 Å². The molecular formula is C21H29N3O2. The zero-order valence-electron chi connectivity index (χ0n) is 16.2. The molecule has 0 spiro atoms. The molecule has 26 heavy (non-hydrogen) atoms.